The highest BCUT2D eigenvalue weighted by Crippen LogP contribution is 2.39. The minimum absolute atomic E-state index is 0.00358. The van der Waals surface area contributed by atoms with Gasteiger partial charge in [-0.3, -0.25) is 9.59 Å². The van der Waals surface area contributed by atoms with E-state index < -0.39 is 14.4 Å². The van der Waals surface area contributed by atoms with Gasteiger partial charge in [0.1, 0.15) is 12.4 Å². The minimum Gasteiger partial charge on any atom is -0.445 e. The number of carbonyl (C=O) groups is 3. The van der Waals surface area contributed by atoms with Crippen molar-refractivity contribution < 1.29 is 28.3 Å². The van der Waals surface area contributed by atoms with Crippen molar-refractivity contribution in [3.05, 3.63) is 12.7 Å². The molecule has 9 heteroatoms. The van der Waals surface area contributed by atoms with Gasteiger partial charge in [-0.05, 0) is 37.4 Å². The van der Waals surface area contributed by atoms with Gasteiger partial charge >= 0.3 is 6.09 Å². The van der Waals surface area contributed by atoms with Gasteiger partial charge in [0, 0.05) is 32.5 Å². The van der Waals surface area contributed by atoms with Gasteiger partial charge in [0.2, 0.25) is 5.91 Å². The fourth-order valence-corrected chi connectivity index (χ4v) is 5.93. The highest BCUT2D eigenvalue weighted by molar-refractivity contribution is 6.74. The number of hydrogen-bond donors (Lipinski definition) is 1. The molecule has 5 atom stereocenters. The second kappa shape index (κ2) is 11.1. The van der Waals surface area contributed by atoms with Gasteiger partial charge in [-0.15, -0.1) is 0 Å². The molecule has 33 heavy (non-hydrogen) atoms. The van der Waals surface area contributed by atoms with E-state index in [1.165, 1.54) is 6.08 Å². The summed E-state index contributed by atoms with van der Waals surface area (Å²) in [4.78, 5) is 39.3. The van der Waals surface area contributed by atoms with Gasteiger partial charge in [0.25, 0.3) is 0 Å². The topological polar surface area (TPSA) is 94.2 Å². The summed E-state index contributed by atoms with van der Waals surface area (Å²) in [5.74, 6) is -0.277. The number of Topliss-reactive ketones (excluding diaryl/α,β-unsaturated/α-hetero) is 1. The molecule has 188 valence electrons. The summed E-state index contributed by atoms with van der Waals surface area (Å²) in [6.45, 7) is 17.4. The summed E-state index contributed by atoms with van der Waals surface area (Å²) in [6.07, 6.45) is 2.22. The number of ether oxygens (including phenoxy) is 2. The minimum atomic E-state index is -2.02. The summed E-state index contributed by atoms with van der Waals surface area (Å²) < 4.78 is 16.9. The van der Waals surface area contributed by atoms with E-state index in [2.05, 4.69) is 45.8 Å². The molecule has 2 aliphatic heterocycles. The third-order valence-corrected chi connectivity index (χ3v) is 11.9. The monoisotopic (exact) mass is 482 g/mol. The second-order valence-electron chi connectivity index (χ2n) is 10.8. The van der Waals surface area contributed by atoms with Gasteiger partial charge in [-0.25, -0.2) is 4.79 Å². The van der Waals surface area contributed by atoms with Crippen molar-refractivity contribution in [2.75, 3.05) is 26.9 Å². The standard InChI is InChI=1S/C24H42N2O6Si/c1-9-12-31-23(29)26-11-10-17(20(26)15-30-6)13-18(27)14-19-21(22(28)25-19)16(2)32-33(7,8)24(3,4)5/h9,16-17,19-21H,1,10-15H2,2-8H3,(H,25,28)/t16-,17?,19-,20?,21-/m1/s1. The molecule has 2 unspecified atom stereocenters. The van der Waals surface area contributed by atoms with Gasteiger partial charge in [0.05, 0.1) is 24.7 Å². The predicted octanol–water partition coefficient (Wildman–Crippen LogP) is 3.52. The summed E-state index contributed by atoms with van der Waals surface area (Å²) in [5, 5.41) is 2.94. The molecule has 8 nitrogen and oxygen atoms in total. The average molecular weight is 483 g/mol. The van der Waals surface area contributed by atoms with Crippen molar-refractivity contribution in [1.29, 1.82) is 0 Å². The first kappa shape index (κ1) is 27.5. The van der Waals surface area contributed by atoms with E-state index in [4.69, 9.17) is 13.9 Å². The number of nitrogens with zero attached hydrogens (tertiary/aromatic N) is 1. The van der Waals surface area contributed by atoms with E-state index in [0.29, 0.717) is 26.0 Å². The molecule has 2 amide bonds. The van der Waals surface area contributed by atoms with Gasteiger partial charge in [-0.1, -0.05) is 33.4 Å². The molecule has 2 saturated heterocycles. The first-order chi connectivity index (χ1) is 15.3. The highest BCUT2D eigenvalue weighted by Gasteiger charge is 2.48. The van der Waals surface area contributed by atoms with Gasteiger partial charge < -0.3 is 24.1 Å². The number of β-lactam (4-membered cyclic amide) rings is 1. The van der Waals surface area contributed by atoms with Crippen LogP contribution in [0.1, 0.15) is 47.0 Å². The molecule has 0 saturated carbocycles. The molecule has 0 bridgehead atoms. The lowest BCUT2D eigenvalue weighted by Crippen LogP contribution is -2.64. The maximum atomic E-state index is 12.9. The van der Waals surface area contributed by atoms with Crippen molar-refractivity contribution in [2.45, 2.75) is 83.3 Å². The van der Waals surface area contributed by atoms with Gasteiger partial charge in [-0.2, -0.15) is 0 Å². The third kappa shape index (κ3) is 6.67. The number of ketones is 1. The van der Waals surface area contributed by atoms with Crippen molar-refractivity contribution in [3.8, 4) is 0 Å². The lowest BCUT2D eigenvalue weighted by atomic mass is 9.81. The van der Waals surface area contributed by atoms with Crippen molar-refractivity contribution in [1.82, 2.24) is 10.2 Å². The van der Waals surface area contributed by atoms with E-state index >= 15 is 0 Å². The number of hydrogen-bond acceptors (Lipinski definition) is 6. The number of amides is 2. The zero-order chi connectivity index (χ0) is 25.0. The molecule has 2 heterocycles. The second-order valence-corrected chi connectivity index (χ2v) is 15.6. The molecule has 0 aliphatic carbocycles. The van der Waals surface area contributed by atoms with Crippen LogP contribution in [0.5, 0.6) is 0 Å². The predicted molar refractivity (Wildman–Crippen MR) is 129 cm³/mol. The van der Waals surface area contributed by atoms with Crippen LogP contribution in [-0.4, -0.2) is 76.1 Å². The molecule has 0 radical (unpaired) electrons. The van der Waals surface area contributed by atoms with Crippen LogP contribution in [0.15, 0.2) is 12.7 Å². The zero-order valence-electron chi connectivity index (χ0n) is 21.3. The number of nitrogens with one attached hydrogen (secondary N) is 1. The highest BCUT2D eigenvalue weighted by atomic mass is 28.4. The molecule has 0 aromatic heterocycles. The maximum absolute atomic E-state index is 12.9. The van der Waals surface area contributed by atoms with Crippen LogP contribution in [-0.2, 0) is 23.5 Å². The summed E-state index contributed by atoms with van der Waals surface area (Å²) >= 11 is 0. The largest absolute Gasteiger partial charge is 0.445 e. The molecule has 1 N–H and O–H groups in total. The molecular formula is C24H42N2O6Si. The Morgan fingerprint density at radius 3 is 2.52 bits per heavy atom. The SMILES string of the molecule is C=CCOC(=O)N1CCC(CC(=O)C[C@H]2NC(=O)[C@@H]2[C@@H](C)O[Si](C)(C)C(C)(C)C)C1COC. The van der Waals surface area contributed by atoms with Crippen LogP contribution < -0.4 is 5.32 Å². The van der Waals surface area contributed by atoms with Crippen molar-refractivity contribution in [3.63, 3.8) is 0 Å². The Bertz CT molecular complexity index is 735. The summed E-state index contributed by atoms with van der Waals surface area (Å²) in [7, 11) is -0.437. The Morgan fingerprint density at radius 1 is 1.30 bits per heavy atom. The molecule has 2 rings (SSSR count). The Balaban J connectivity index is 1.95. The quantitative estimate of drug-likeness (QED) is 0.275. The molecule has 2 fully saturated rings. The normalized spacial score (nSPS) is 26.4. The van der Waals surface area contributed by atoms with Crippen LogP contribution >= 0.6 is 0 Å². The van der Waals surface area contributed by atoms with E-state index in [-0.39, 0.29) is 59.8 Å². The Kier molecular flexibility index (Phi) is 9.29. The lowest BCUT2D eigenvalue weighted by molar-refractivity contribution is -0.141. The van der Waals surface area contributed by atoms with E-state index in [1.54, 1.807) is 12.0 Å². The molecule has 0 aromatic rings. The van der Waals surface area contributed by atoms with E-state index in [9.17, 15) is 14.4 Å². The third-order valence-electron chi connectivity index (χ3n) is 7.38. The molecular weight excluding hydrogens is 440 g/mol. The smallest absolute Gasteiger partial charge is 0.410 e. The number of carbonyl (C=O) groups excluding carboxylic acids is 3. The van der Waals surface area contributed by atoms with E-state index in [1.807, 2.05) is 6.92 Å². The fraction of sp³-hybridized carbons (Fsp3) is 0.792. The van der Waals surface area contributed by atoms with Crippen LogP contribution in [0.2, 0.25) is 18.1 Å². The van der Waals surface area contributed by atoms with Crippen molar-refractivity contribution >= 4 is 26.1 Å². The summed E-state index contributed by atoms with van der Waals surface area (Å²) in [5.41, 5.74) is 0. The summed E-state index contributed by atoms with van der Waals surface area (Å²) in [6, 6.07) is -0.412. The van der Waals surface area contributed by atoms with Crippen LogP contribution in [0, 0.1) is 11.8 Å². The molecule has 0 aromatic carbocycles. The van der Waals surface area contributed by atoms with Crippen molar-refractivity contribution in [2.24, 2.45) is 11.8 Å². The van der Waals surface area contributed by atoms with Crippen LogP contribution in [0.3, 0.4) is 0 Å². The fourth-order valence-electron chi connectivity index (χ4n) is 4.50. The molecule has 0 spiro atoms. The van der Waals surface area contributed by atoms with Crippen LogP contribution in [0.4, 0.5) is 4.79 Å². The Hall–Kier alpha value is -1.71. The number of methoxy groups -OCH3 is 1. The first-order valence-electron chi connectivity index (χ1n) is 11.9. The van der Waals surface area contributed by atoms with Gasteiger partial charge in [0.15, 0.2) is 8.32 Å². The van der Waals surface area contributed by atoms with E-state index in [0.717, 1.165) is 0 Å². The number of rotatable bonds is 11. The Morgan fingerprint density at radius 2 is 1.97 bits per heavy atom. The zero-order valence-corrected chi connectivity index (χ0v) is 22.3. The average Bonchev–Trinajstić information content (AvgIpc) is 3.06. The Labute approximate surface area is 199 Å². The maximum Gasteiger partial charge on any atom is 0.410 e. The first-order valence-corrected chi connectivity index (χ1v) is 14.8. The number of likely N-dealkylation sites (tertiary alicyclic amines) is 1. The van der Waals surface area contributed by atoms with Crippen LogP contribution in [0.25, 0.3) is 0 Å². The lowest BCUT2D eigenvalue weighted by Gasteiger charge is -2.45. The molecule has 2 aliphatic rings.